The third-order valence-corrected chi connectivity index (χ3v) is 3.97. The predicted octanol–water partition coefficient (Wildman–Crippen LogP) is 1.22. The van der Waals surface area contributed by atoms with E-state index in [0.29, 0.717) is 12.6 Å². The average molecular weight is 200 g/mol. The Kier molecular flexibility index (Phi) is 3.93. The molecule has 1 aliphatic heterocycles. The van der Waals surface area contributed by atoms with Crippen molar-refractivity contribution < 1.29 is 4.74 Å². The van der Waals surface area contributed by atoms with Crippen molar-refractivity contribution in [2.24, 2.45) is 5.73 Å². The number of hydrogen-bond donors (Lipinski definition) is 1. The van der Waals surface area contributed by atoms with E-state index in [1.807, 2.05) is 0 Å². The molecule has 1 aliphatic rings. The van der Waals surface area contributed by atoms with Crippen LogP contribution in [0.5, 0.6) is 0 Å². The zero-order chi connectivity index (χ0) is 10.8. The summed E-state index contributed by atoms with van der Waals surface area (Å²) in [4.78, 5) is 2.41. The molecule has 0 aromatic carbocycles. The van der Waals surface area contributed by atoms with E-state index in [2.05, 4.69) is 32.7 Å². The van der Waals surface area contributed by atoms with E-state index in [-0.39, 0.29) is 11.6 Å². The van der Waals surface area contributed by atoms with Crippen LogP contribution < -0.4 is 5.73 Å². The summed E-state index contributed by atoms with van der Waals surface area (Å²) in [6.07, 6.45) is 2.47. The topological polar surface area (TPSA) is 38.5 Å². The van der Waals surface area contributed by atoms with Crippen LogP contribution in [0.2, 0.25) is 0 Å². The van der Waals surface area contributed by atoms with E-state index < -0.39 is 0 Å². The summed E-state index contributed by atoms with van der Waals surface area (Å²) in [6.45, 7) is 8.14. The summed E-state index contributed by atoms with van der Waals surface area (Å²) in [6, 6.07) is 0.572. The average Bonchev–Trinajstić information content (AvgIpc) is 2.58. The molecule has 0 bridgehead atoms. The van der Waals surface area contributed by atoms with Crippen LogP contribution in [0.25, 0.3) is 0 Å². The minimum Gasteiger partial charge on any atom is -0.376 e. The Balaban J connectivity index is 2.78. The van der Waals surface area contributed by atoms with E-state index in [0.717, 1.165) is 19.4 Å². The molecule has 1 saturated heterocycles. The first-order valence-electron chi connectivity index (χ1n) is 5.63. The highest BCUT2D eigenvalue weighted by molar-refractivity contribution is 5.00. The van der Waals surface area contributed by atoms with E-state index in [1.165, 1.54) is 0 Å². The van der Waals surface area contributed by atoms with Crippen LogP contribution in [0.15, 0.2) is 0 Å². The van der Waals surface area contributed by atoms with Crippen molar-refractivity contribution in [3.8, 4) is 0 Å². The molecule has 3 unspecified atom stereocenters. The lowest BCUT2D eigenvalue weighted by Crippen LogP contribution is -2.59. The van der Waals surface area contributed by atoms with Gasteiger partial charge >= 0.3 is 0 Å². The second-order valence-electron chi connectivity index (χ2n) is 4.44. The van der Waals surface area contributed by atoms with E-state index in [1.54, 1.807) is 0 Å². The van der Waals surface area contributed by atoms with Gasteiger partial charge in [-0.25, -0.2) is 0 Å². The molecule has 1 heterocycles. The standard InChI is InChI=1S/C11H24N2O/c1-5-9(2)13(4)11(8-12)6-7-14-10(11)3/h9-10H,5-8,12H2,1-4H3. The lowest BCUT2D eigenvalue weighted by molar-refractivity contribution is 0.00917. The van der Waals surface area contributed by atoms with Gasteiger partial charge in [-0.3, -0.25) is 4.90 Å². The van der Waals surface area contributed by atoms with Gasteiger partial charge in [0.25, 0.3) is 0 Å². The van der Waals surface area contributed by atoms with Crippen LogP contribution in [0.3, 0.4) is 0 Å². The smallest absolute Gasteiger partial charge is 0.0743 e. The molecule has 0 aliphatic carbocycles. The maximum atomic E-state index is 5.93. The number of ether oxygens (including phenoxy) is 1. The lowest BCUT2D eigenvalue weighted by atomic mass is 9.88. The molecule has 0 aromatic rings. The molecule has 0 amide bonds. The van der Waals surface area contributed by atoms with Gasteiger partial charge in [-0.05, 0) is 33.7 Å². The molecule has 14 heavy (non-hydrogen) atoms. The lowest BCUT2D eigenvalue weighted by Gasteiger charge is -2.43. The Morgan fingerprint density at radius 3 is 2.64 bits per heavy atom. The summed E-state index contributed by atoms with van der Waals surface area (Å²) < 4.78 is 5.65. The molecule has 3 atom stereocenters. The Bertz CT molecular complexity index is 186. The summed E-state index contributed by atoms with van der Waals surface area (Å²) in [5.41, 5.74) is 6.00. The van der Waals surface area contributed by atoms with Gasteiger partial charge in [0.15, 0.2) is 0 Å². The normalized spacial score (nSPS) is 35.1. The number of hydrogen-bond acceptors (Lipinski definition) is 3. The van der Waals surface area contributed by atoms with Crippen molar-refractivity contribution >= 4 is 0 Å². The molecule has 1 rings (SSSR count). The largest absolute Gasteiger partial charge is 0.376 e. The van der Waals surface area contributed by atoms with Crippen molar-refractivity contribution in [3.63, 3.8) is 0 Å². The van der Waals surface area contributed by atoms with Crippen molar-refractivity contribution in [1.29, 1.82) is 0 Å². The number of likely N-dealkylation sites (N-methyl/N-ethyl adjacent to an activating group) is 1. The Labute approximate surface area is 87.6 Å². The second-order valence-corrected chi connectivity index (χ2v) is 4.44. The van der Waals surface area contributed by atoms with Gasteiger partial charge in [0.2, 0.25) is 0 Å². The van der Waals surface area contributed by atoms with Crippen molar-refractivity contribution in [3.05, 3.63) is 0 Å². The van der Waals surface area contributed by atoms with Crippen molar-refractivity contribution in [2.75, 3.05) is 20.2 Å². The Morgan fingerprint density at radius 1 is 1.64 bits per heavy atom. The van der Waals surface area contributed by atoms with E-state index in [9.17, 15) is 0 Å². The van der Waals surface area contributed by atoms with Crippen LogP contribution >= 0.6 is 0 Å². The number of nitrogens with two attached hydrogens (primary N) is 1. The molecular weight excluding hydrogens is 176 g/mol. The van der Waals surface area contributed by atoms with Crippen molar-refractivity contribution in [1.82, 2.24) is 4.90 Å². The fourth-order valence-electron chi connectivity index (χ4n) is 2.36. The highest BCUT2D eigenvalue weighted by atomic mass is 16.5. The Morgan fingerprint density at radius 2 is 2.29 bits per heavy atom. The molecule has 0 aromatic heterocycles. The highest BCUT2D eigenvalue weighted by Gasteiger charge is 2.44. The van der Waals surface area contributed by atoms with E-state index in [4.69, 9.17) is 10.5 Å². The molecular formula is C11H24N2O. The van der Waals surface area contributed by atoms with Crippen LogP contribution in [0.1, 0.15) is 33.6 Å². The van der Waals surface area contributed by atoms with Gasteiger partial charge in [0.05, 0.1) is 11.6 Å². The maximum Gasteiger partial charge on any atom is 0.0743 e. The number of rotatable bonds is 4. The minimum absolute atomic E-state index is 0.0649. The second kappa shape index (κ2) is 4.60. The molecule has 1 fully saturated rings. The number of nitrogens with zero attached hydrogens (tertiary/aromatic N) is 1. The van der Waals surface area contributed by atoms with Crippen LogP contribution in [-0.2, 0) is 4.74 Å². The zero-order valence-corrected chi connectivity index (χ0v) is 9.92. The van der Waals surface area contributed by atoms with Crippen LogP contribution in [-0.4, -0.2) is 42.8 Å². The van der Waals surface area contributed by atoms with Crippen LogP contribution in [0.4, 0.5) is 0 Å². The van der Waals surface area contributed by atoms with Crippen LogP contribution in [0, 0.1) is 0 Å². The Hall–Kier alpha value is -0.120. The third kappa shape index (κ3) is 1.81. The third-order valence-electron chi connectivity index (χ3n) is 3.97. The fraction of sp³-hybridized carbons (Fsp3) is 1.00. The van der Waals surface area contributed by atoms with E-state index >= 15 is 0 Å². The SMILES string of the molecule is CCC(C)N(C)C1(CN)CCOC1C. The quantitative estimate of drug-likeness (QED) is 0.741. The van der Waals surface area contributed by atoms with Gasteiger partial charge in [-0.1, -0.05) is 6.92 Å². The van der Waals surface area contributed by atoms with Gasteiger partial charge in [0.1, 0.15) is 0 Å². The monoisotopic (exact) mass is 200 g/mol. The molecule has 84 valence electrons. The summed E-state index contributed by atoms with van der Waals surface area (Å²) >= 11 is 0. The first-order valence-corrected chi connectivity index (χ1v) is 5.63. The fourth-order valence-corrected chi connectivity index (χ4v) is 2.36. The molecule has 0 spiro atoms. The summed E-state index contributed by atoms with van der Waals surface area (Å²) in [5, 5.41) is 0. The molecule has 2 N–H and O–H groups in total. The summed E-state index contributed by atoms with van der Waals surface area (Å²) in [7, 11) is 2.17. The van der Waals surface area contributed by atoms with Gasteiger partial charge in [-0.2, -0.15) is 0 Å². The zero-order valence-electron chi connectivity index (χ0n) is 9.92. The molecule has 0 saturated carbocycles. The molecule has 3 nitrogen and oxygen atoms in total. The van der Waals surface area contributed by atoms with Gasteiger partial charge in [0, 0.05) is 19.2 Å². The van der Waals surface area contributed by atoms with Crippen molar-refractivity contribution in [2.45, 2.75) is 51.3 Å². The first-order chi connectivity index (χ1) is 6.58. The predicted molar refractivity (Wildman–Crippen MR) is 59.3 cm³/mol. The first kappa shape index (κ1) is 12.0. The molecule has 3 heteroatoms. The highest BCUT2D eigenvalue weighted by Crippen LogP contribution is 2.32. The minimum atomic E-state index is 0.0649. The van der Waals surface area contributed by atoms with Gasteiger partial charge in [-0.15, -0.1) is 0 Å². The molecule has 0 radical (unpaired) electrons. The van der Waals surface area contributed by atoms with Gasteiger partial charge < -0.3 is 10.5 Å². The maximum absolute atomic E-state index is 5.93. The summed E-state index contributed by atoms with van der Waals surface area (Å²) in [5.74, 6) is 0.